The highest BCUT2D eigenvalue weighted by atomic mass is 16.5. The van der Waals surface area contributed by atoms with E-state index in [2.05, 4.69) is 55.4 Å². The zero-order valence-electron chi connectivity index (χ0n) is 44.5. The molecule has 6 aromatic rings. The van der Waals surface area contributed by atoms with Crippen LogP contribution >= 0.6 is 0 Å². The number of phenolic OH excluding ortho intramolecular Hbond substituents is 5. The van der Waals surface area contributed by atoms with Crippen molar-refractivity contribution in [2.75, 3.05) is 6.73 Å². The molecule has 1 spiro atoms. The summed E-state index contributed by atoms with van der Waals surface area (Å²) in [5, 5.41) is 69.6. The zero-order chi connectivity index (χ0) is 53.3. The third kappa shape index (κ3) is 9.03. The summed E-state index contributed by atoms with van der Waals surface area (Å²) < 4.78 is 12.3. The molecule has 4 fully saturated rings. The van der Waals surface area contributed by atoms with Crippen LogP contribution in [0.25, 0.3) is 11.3 Å². The van der Waals surface area contributed by atoms with Crippen LogP contribution in [0.5, 0.6) is 40.2 Å². The Hall–Kier alpha value is -6.43. The molecule has 1 aromatic heterocycles. The molecule has 404 valence electrons. The fourth-order valence-corrected chi connectivity index (χ4v) is 17.4. The smallest absolute Gasteiger partial charge is 0.200 e. The number of ether oxygens (including phenoxy) is 2. The molecule has 9 N–H and O–H groups in total. The quantitative estimate of drug-likeness (QED) is 0.0362. The molecule has 1 heterocycles. The van der Waals surface area contributed by atoms with Crippen LogP contribution in [-0.4, -0.2) is 54.2 Å². The van der Waals surface area contributed by atoms with Crippen molar-refractivity contribution >= 4 is 5.78 Å². The average molecular weight is 1040 g/mol. The van der Waals surface area contributed by atoms with Gasteiger partial charge in [0.25, 0.3) is 0 Å². The number of benzene rings is 5. The first-order valence-corrected chi connectivity index (χ1v) is 28.7. The number of aromatic nitrogens is 1. The minimum Gasteiger partial charge on any atom is -0.508 e. The van der Waals surface area contributed by atoms with Gasteiger partial charge in [-0.3, -0.25) is 10.5 Å². The number of rotatable bonds is 15. The molecule has 11 atom stereocenters. The predicted molar refractivity (Wildman–Crippen MR) is 296 cm³/mol. The number of ketones is 1. The number of H-pyrrole nitrogens is 1. The fraction of sp³-hybridized carbons (Fsp3) is 0.470. The van der Waals surface area contributed by atoms with Gasteiger partial charge in [-0.05, 0) is 205 Å². The van der Waals surface area contributed by atoms with E-state index in [1.807, 2.05) is 18.2 Å². The van der Waals surface area contributed by atoms with E-state index in [4.69, 9.17) is 15.2 Å². The molecule has 0 saturated heterocycles. The SMILES string of the molecule is CC(C)CC[C@H]1CC2(CCCC2)C[C@]2([C@H]3C[C@@H]4C[C@@H]5[C@H](Cc6ccc(O)cc6)C[C@@H](C(=O)CCc6ccc(O)c(OCN)c6)[C@H](O)[C@H]5[C@H]3c3cc(O)c(O)c(OCc5cccc(O)c5)c34)c3ccccc3-c3[nH]ccc3[C@H]12. The Morgan fingerprint density at radius 3 is 2.36 bits per heavy atom. The third-order valence-corrected chi connectivity index (χ3v) is 20.2. The second kappa shape index (κ2) is 20.4. The molecule has 0 amide bonds. The number of Topliss-reactive ketones (excluding diaryl/α,β-unsaturated/α-hetero) is 1. The largest absolute Gasteiger partial charge is 0.508 e. The van der Waals surface area contributed by atoms with E-state index >= 15 is 4.79 Å². The van der Waals surface area contributed by atoms with Crippen LogP contribution in [0.15, 0.2) is 109 Å². The second-order valence-electron chi connectivity index (χ2n) is 24.8. The standard InChI is InChI=1S/C66H76N2O9/c1-37(2)12-17-41-33-65(23-5-6-24-65)35-66(51-11-4-3-10-46(51)61-47(60(41)66)22-25-68-61)52-31-43-30-48-42(26-38-13-18-44(69)19-14-38)29-49(53(71)20-15-39-16-21-54(72)56(28-39)77-36-67)62(74)59(48)58(52)50-32-55(73)63(75)64(57(43)50)76-34-40-8-7-9-45(70)27-40/h3-4,7-11,13-14,16,18-19,21-22,25,27-28,32,37,41-43,48-49,52,58-60,62,68-70,72-75H,5-6,12,15,17,20,23-24,26,29-31,33-36,67H2,1-2H3/t41-,42+,43-,48+,49-,52-,58-,59+,60-,62-,66+/m0/s1. The maximum atomic E-state index is 15.3. The van der Waals surface area contributed by atoms with Gasteiger partial charge in [0.05, 0.1) is 6.10 Å². The fourth-order valence-electron chi connectivity index (χ4n) is 17.4. The summed E-state index contributed by atoms with van der Waals surface area (Å²) in [5.41, 5.74) is 14.9. The molecule has 2 bridgehead atoms. The monoisotopic (exact) mass is 1040 g/mol. The van der Waals surface area contributed by atoms with Crippen molar-refractivity contribution in [1.29, 1.82) is 0 Å². The number of aromatic amines is 1. The number of nitrogens with two attached hydrogens (primary N) is 1. The second-order valence-corrected chi connectivity index (χ2v) is 24.8. The van der Waals surface area contributed by atoms with E-state index in [0.717, 1.165) is 47.9 Å². The number of aryl methyl sites for hydroxylation is 1. The number of hydrogen-bond acceptors (Lipinski definition) is 10. The van der Waals surface area contributed by atoms with Crippen molar-refractivity contribution in [1.82, 2.24) is 4.98 Å². The van der Waals surface area contributed by atoms with Gasteiger partial charge in [0.1, 0.15) is 30.6 Å². The van der Waals surface area contributed by atoms with Crippen molar-refractivity contribution < 1.29 is 44.9 Å². The lowest BCUT2D eigenvalue weighted by Crippen LogP contribution is -2.58. The number of aromatic hydroxyl groups is 5. The minimum absolute atomic E-state index is 0.0207. The summed E-state index contributed by atoms with van der Waals surface area (Å²) in [6.45, 7) is 4.63. The maximum absolute atomic E-state index is 15.3. The Labute approximate surface area is 452 Å². The number of carbonyl (C=O) groups excluding carboxylic acids is 1. The van der Waals surface area contributed by atoms with Crippen molar-refractivity contribution in [3.63, 3.8) is 0 Å². The lowest BCUT2D eigenvalue weighted by Gasteiger charge is -2.63. The molecule has 13 rings (SSSR count). The highest BCUT2D eigenvalue weighted by Crippen LogP contribution is 2.75. The van der Waals surface area contributed by atoms with Crippen LogP contribution in [0.2, 0.25) is 0 Å². The molecule has 7 aliphatic rings. The summed E-state index contributed by atoms with van der Waals surface area (Å²) in [4.78, 5) is 19.1. The van der Waals surface area contributed by atoms with Gasteiger partial charge < -0.3 is 45.1 Å². The predicted octanol–water partition coefficient (Wildman–Crippen LogP) is 12.8. The number of aliphatic hydroxyl groups is 1. The molecule has 7 aliphatic carbocycles. The van der Waals surface area contributed by atoms with E-state index < -0.39 is 23.4 Å². The minimum atomic E-state index is -1.04. The van der Waals surface area contributed by atoms with Crippen LogP contribution < -0.4 is 15.2 Å². The third-order valence-electron chi connectivity index (χ3n) is 20.2. The summed E-state index contributed by atoms with van der Waals surface area (Å²) in [6, 6.07) is 32.7. The Balaban J connectivity index is 1.06. The van der Waals surface area contributed by atoms with Gasteiger partial charge in [-0.25, -0.2) is 0 Å². The van der Waals surface area contributed by atoms with Gasteiger partial charge in [-0.1, -0.05) is 87.7 Å². The summed E-state index contributed by atoms with van der Waals surface area (Å²) in [6.07, 6.45) is 13.4. The van der Waals surface area contributed by atoms with Gasteiger partial charge >= 0.3 is 0 Å². The van der Waals surface area contributed by atoms with Gasteiger partial charge in [0.15, 0.2) is 23.0 Å². The molecule has 0 radical (unpaired) electrons. The summed E-state index contributed by atoms with van der Waals surface area (Å²) >= 11 is 0. The Morgan fingerprint density at radius 1 is 0.792 bits per heavy atom. The lowest BCUT2D eigenvalue weighted by molar-refractivity contribution is -0.136. The molecular weight excluding hydrogens is 965 g/mol. The number of hydrogen-bond donors (Lipinski definition) is 8. The molecule has 11 heteroatoms. The van der Waals surface area contributed by atoms with Gasteiger partial charge in [0.2, 0.25) is 5.75 Å². The van der Waals surface area contributed by atoms with Crippen LogP contribution in [0.3, 0.4) is 0 Å². The molecular formula is C66H76N2O9. The van der Waals surface area contributed by atoms with Gasteiger partial charge in [0, 0.05) is 40.8 Å². The average Bonchev–Trinajstić information content (AvgIpc) is 4.14. The summed E-state index contributed by atoms with van der Waals surface area (Å²) in [5.74, 6) is -0.608. The van der Waals surface area contributed by atoms with Crippen molar-refractivity contribution in [2.45, 2.75) is 140 Å². The zero-order valence-corrected chi connectivity index (χ0v) is 44.5. The Morgan fingerprint density at radius 2 is 1.58 bits per heavy atom. The number of aliphatic hydroxyl groups excluding tert-OH is 1. The molecule has 5 aromatic carbocycles. The normalized spacial score (nSPS) is 28.5. The van der Waals surface area contributed by atoms with Gasteiger partial charge in [-0.15, -0.1) is 0 Å². The highest BCUT2D eigenvalue weighted by Gasteiger charge is 2.67. The Bertz CT molecular complexity index is 3140. The number of fused-ring (bicyclic) bond motifs is 8. The van der Waals surface area contributed by atoms with Crippen LogP contribution in [0.4, 0.5) is 0 Å². The van der Waals surface area contributed by atoms with Crippen molar-refractivity contribution in [3.05, 3.63) is 148 Å². The van der Waals surface area contributed by atoms with E-state index in [0.29, 0.717) is 43.1 Å². The molecule has 0 unspecified atom stereocenters. The van der Waals surface area contributed by atoms with Crippen molar-refractivity contribution in [2.24, 2.45) is 52.6 Å². The molecule has 0 aliphatic heterocycles. The van der Waals surface area contributed by atoms with E-state index in [1.54, 1.807) is 54.6 Å². The first-order chi connectivity index (χ1) is 37.3. The number of nitrogens with one attached hydrogen (secondary N) is 1. The first kappa shape index (κ1) is 51.3. The van der Waals surface area contributed by atoms with Crippen LogP contribution in [-0.2, 0) is 29.7 Å². The highest BCUT2D eigenvalue weighted by molar-refractivity contribution is 5.82. The Kier molecular flexibility index (Phi) is 13.6. The molecule has 4 saturated carbocycles. The lowest BCUT2D eigenvalue weighted by atomic mass is 9.40. The first-order valence-electron chi connectivity index (χ1n) is 28.7. The van der Waals surface area contributed by atoms with E-state index in [-0.39, 0.29) is 107 Å². The topological polar surface area (TPSA) is 199 Å². The van der Waals surface area contributed by atoms with Crippen LogP contribution in [0.1, 0.15) is 148 Å². The molecule has 77 heavy (non-hydrogen) atoms. The molecule has 11 nitrogen and oxygen atoms in total. The van der Waals surface area contributed by atoms with E-state index in [1.165, 1.54) is 54.5 Å². The van der Waals surface area contributed by atoms with Gasteiger partial charge in [-0.2, -0.15) is 0 Å². The van der Waals surface area contributed by atoms with E-state index in [9.17, 15) is 30.6 Å². The number of phenols is 5. The van der Waals surface area contributed by atoms with Crippen molar-refractivity contribution in [3.8, 4) is 51.5 Å². The van der Waals surface area contributed by atoms with Crippen LogP contribution in [0, 0.1) is 46.8 Å². The summed E-state index contributed by atoms with van der Waals surface area (Å²) in [7, 11) is 0. The maximum Gasteiger partial charge on any atom is 0.200 e. The number of carbonyl (C=O) groups is 1.